The molecule has 2 rings (SSSR count). The molecule has 3 unspecified atom stereocenters. The molecule has 1 saturated carbocycles. The van der Waals surface area contributed by atoms with Crippen LogP contribution in [0.15, 0.2) is 0 Å². The molecule has 102 valence electrons. The minimum atomic E-state index is 0.315. The molecule has 1 aromatic heterocycles. The van der Waals surface area contributed by atoms with E-state index in [0.29, 0.717) is 24.5 Å². The SMILES string of the molecule is Cc1nc(C(C)NCC2CCCC2CO)c(C)s1. The van der Waals surface area contributed by atoms with Gasteiger partial charge in [0.1, 0.15) is 0 Å². The minimum Gasteiger partial charge on any atom is -0.396 e. The maximum atomic E-state index is 9.33. The summed E-state index contributed by atoms with van der Waals surface area (Å²) in [5.74, 6) is 1.14. The number of nitrogens with one attached hydrogen (secondary N) is 1. The molecule has 0 bridgehead atoms. The van der Waals surface area contributed by atoms with E-state index in [1.807, 2.05) is 0 Å². The average molecular weight is 268 g/mol. The van der Waals surface area contributed by atoms with Gasteiger partial charge in [0.05, 0.1) is 10.7 Å². The predicted molar refractivity (Wildman–Crippen MR) is 75.9 cm³/mol. The van der Waals surface area contributed by atoms with E-state index in [2.05, 4.69) is 31.1 Å². The Labute approximate surface area is 114 Å². The number of thiazole rings is 1. The molecule has 0 aromatic carbocycles. The van der Waals surface area contributed by atoms with E-state index in [0.717, 1.165) is 11.6 Å². The van der Waals surface area contributed by atoms with E-state index < -0.39 is 0 Å². The number of nitrogens with zero attached hydrogens (tertiary/aromatic N) is 1. The number of aryl methyl sites for hydroxylation is 2. The highest BCUT2D eigenvalue weighted by molar-refractivity contribution is 7.11. The van der Waals surface area contributed by atoms with E-state index in [1.54, 1.807) is 11.3 Å². The van der Waals surface area contributed by atoms with Crippen LogP contribution in [0.2, 0.25) is 0 Å². The van der Waals surface area contributed by atoms with Crippen molar-refractivity contribution in [3.63, 3.8) is 0 Å². The molecule has 3 atom stereocenters. The van der Waals surface area contributed by atoms with Crippen molar-refractivity contribution in [1.82, 2.24) is 10.3 Å². The summed E-state index contributed by atoms with van der Waals surface area (Å²) in [7, 11) is 0. The number of hydrogen-bond acceptors (Lipinski definition) is 4. The topological polar surface area (TPSA) is 45.2 Å². The minimum absolute atomic E-state index is 0.315. The van der Waals surface area contributed by atoms with Gasteiger partial charge in [0, 0.05) is 17.5 Å². The average Bonchev–Trinajstić information content (AvgIpc) is 2.92. The first kappa shape index (κ1) is 14.0. The second-order valence-electron chi connectivity index (χ2n) is 5.44. The lowest BCUT2D eigenvalue weighted by Gasteiger charge is -2.20. The zero-order valence-electron chi connectivity index (χ0n) is 11.6. The second-order valence-corrected chi connectivity index (χ2v) is 6.85. The maximum Gasteiger partial charge on any atom is 0.0900 e. The van der Waals surface area contributed by atoms with Crippen LogP contribution in [0, 0.1) is 25.7 Å². The van der Waals surface area contributed by atoms with Crippen LogP contribution in [-0.4, -0.2) is 23.2 Å². The summed E-state index contributed by atoms with van der Waals surface area (Å²) in [5.41, 5.74) is 1.19. The van der Waals surface area contributed by atoms with E-state index in [9.17, 15) is 5.11 Å². The first-order chi connectivity index (χ1) is 8.61. The summed E-state index contributed by atoms with van der Waals surface area (Å²) >= 11 is 1.77. The molecule has 2 N–H and O–H groups in total. The van der Waals surface area contributed by atoms with Crippen molar-refractivity contribution in [3.8, 4) is 0 Å². The third-order valence-corrected chi connectivity index (χ3v) is 4.99. The van der Waals surface area contributed by atoms with Crippen molar-refractivity contribution in [2.75, 3.05) is 13.2 Å². The Hall–Kier alpha value is -0.450. The van der Waals surface area contributed by atoms with Crippen LogP contribution in [0.25, 0.3) is 0 Å². The summed E-state index contributed by atoms with van der Waals surface area (Å²) < 4.78 is 0. The fourth-order valence-corrected chi connectivity index (χ4v) is 3.91. The number of rotatable bonds is 5. The Balaban J connectivity index is 1.88. The predicted octanol–water partition coefficient (Wildman–Crippen LogP) is 2.82. The van der Waals surface area contributed by atoms with Gasteiger partial charge in [0.25, 0.3) is 0 Å². The lowest BCUT2D eigenvalue weighted by molar-refractivity contribution is 0.190. The Morgan fingerprint density at radius 3 is 2.72 bits per heavy atom. The molecular formula is C14H24N2OS. The van der Waals surface area contributed by atoms with Gasteiger partial charge in [-0.2, -0.15) is 0 Å². The molecule has 4 heteroatoms. The lowest BCUT2D eigenvalue weighted by atomic mass is 9.96. The van der Waals surface area contributed by atoms with E-state index in [1.165, 1.54) is 29.8 Å². The normalized spacial score (nSPS) is 25.6. The van der Waals surface area contributed by atoms with Gasteiger partial charge < -0.3 is 10.4 Å². The van der Waals surface area contributed by atoms with E-state index in [-0.39, 0.29) is 0 Å². The molecule has 0 spiro atoms. The van der Waals surface area contributed by atoms with Crippen LogP contribution >= 0.6 is 11.3 Å². The highest BCUT2D eigenvalue weighted by Gasteiger charge is 2.27. The van der Waals surface area contributed by atoms with Crippen LogP contribution < -0.4 is 5.32 Å². The standard InChI is InChI=1S/C14H24N2OS/c1-9(14-10(2)18-11(3)16-14)15-7-12-5-4-6-13(12)8-17/h9,12-13,15,17H,4-8H2,1-3H3. The van der Waals surface area contributed by atoms with Crippen LogP contribution in [0.1, 0.15) is 47.8 Å². The fraction of sp³-hybridized carbons (Fsp3) is 0.786. The number of aliphatic hydroxyl groups is 1. The van der Waals surface area contributed by atoms with Crippen molar-refractivity contribution >= 4 is 11.3 Å². The maximum absolute atomic E-state index is 9.33. The van der Waals surface area contributed by atoms with Crippen LogP contribution in [-0.2, 0) is 0 Å². The van der Waals surface area contributed by atoms with Crippen molar-refractivity contribution < 1.29 is 5.11 Å². The number of hydrogen-bond donors (Lipinski definition) is 2. The van der Waals surface area contributed by atoms with Gasteiger partial charge >= 0.3 is 0 Å². The smallest absolute Gasteiger partial charge is 0.0900 e. The Morgan fingerprint density at radius 1 is 1.39 bits per heavy atom. The molecule has 1 aliphatic carbocycles. The highest BCUT2D eigenvalue weighted by Crippen LogP contribution is 2.31. The number of aromatic nitrogens is 1. The summed E-state index contributed by atoms with van der Waals surface area (Å²) in [5, 5.41) is 14.1. The third kappa shape index (κ3) is 3.11. The molecule has 0 amide bonds. The van der Waals surface area contributed by atoms with Crippen LogP contribution in [0.4, 0.5) is 0 Å². The van der Waals surface area contributed by atoms with Gasteiger partial charge in [0.2, 0.25) is 0 Å². The number of aliphatic hydroxyl groups excluding tert-OH is 1. The van der Waals surface area contributed by atoms with Crippen molar-refractivity contribution in [2.45, 2.75) is 46.1 Å². The molecule has 0 aliphatic heterocycles. The fourth-order valence-electron chi connectivity index (χ4n) is 2.99. The van der Waals surface area contributed by atoms with E-state index >= 15 is 0 Å². The van der Waals surface area contributed by atoms with Crippen LogP contribution in [0.5, 0.6) is 0 Å². The molecule has 1 aliphatic rings. The Bertz CT molecular complexity index is 391. The third-order valence-electron chi connectivity index (χ3n) is 4.09. The molecule has 0 saturated heterocycles. The molecular weight excluding hydrogens is 244 g/mol. The first-order valence-corrected chi connectivity index (χ1v) is 7.71. The molecule has 1 aromatic rings. The zero-order valence-corrected chi connectivity index (χ0v) is 12.4. The lowest BCUT2D eigenvalue weighted by Crippen LogP contribution is -2.29. The largest absolute Gasteiger partial charge is 0.396 e. The van der Waals surface area contributed by atoms with Gasteiger partial charge in [-0.15, -0.1) is 11.3 Å². The molecule has 0 radical (unpaired) electrons. The quantitative estimate of drug-likeness (QED) is 0.863. The van der Waals surface area contributed by atoms with Crippen molar-refractivity contribution in [3.05, 3.63) is 15.6 Å². The monoisotopic (exact) mass is 268 g/mol. The highest BCUT2D eigenvalue weighted by atomic mass is 32.1. The Morgan fingerprint density at radius 2 is 2.11 bits per heavy atom. The Kier molecular flexibility index (Phi) is 4.76. The summed E-state index contributed by atoms with van der Waals surface area (Å²) in [6.07, 6.45) is 3.70. The molecule has 3 nitrogen and oxygen atoms in total. The van der Waals surface area contributed by atoms with Crippen molar-refractivity contribution in [2.24, 2.45) is 11.8 Å². The summed E-state index contributed by atoms with van der Waals surface area (Å²) in [6.45, 7) is 7.74. The van der Waals surface area contributed by atoms with Crippen LogP contribution in [0.3, 0.4) is 0 Å². The van der Waals surface area contributed by atoms with Crippen molar-refractivity contribution in [1.29, 1.82) is 0 Å². The zero-order chi connectivity index (χ0) is 13.1. The van der Waals surface area contributed by atoms with Gasteiger partial charge in [0.15, 0.2) is 0 Å². The van der Waals surface area contributed by atoms with Gasteiger partial charge in [-0.05, 0) is 52.0 Å². The second kappa shape index (κ2) is 6.13. The summed E-state index contributed by atoms with van der Waals surface area (Å²) in [6, 6.07) is 0.315. The van der Waals surface area contributed by atoms with E-state index in [4.69, 9.17) is 0 Å². The summed E-state index contributed by atoms with van der Waals surface area (Å²) in [4.78, 5) is 5.92. The molecule has 1 fully saturated rings. The molecule has 1 heterocycles. The van der Waals surface area contributed by atoms with Gasteiger partial charge in [-0.1, -0.05) is 6.42 Å². The van der Waals surface area contributed by atoms with Gasteiger partial charge in [-0.25, -0.2) is 4.98 Å². The first-order valence-electron chi connectivity index (χ1n) is 6.90. The molecule has 18 heavy (non-hydrogen) atoms. The van der Waals surface area contributed by atoms with Gasteiger partial charge in [-0.3, -0.25) is 0 Å².